The van der Waals surface area contributed by atoms with Crippen LogP contribution >= 0.6 is 0 Å². The third-order valence-electron chi connectivity index (χ3n) is 6.28. The molecule has 2 N–H and O–H groups in total. The highest BCUT2D eigenvalue weighted by atomic mass is 16.1. The average Bonchev–Trinajstić information content (AvgIpc) is 3.48. The number of hydrogen-bond donors (Lipinski definition) is 1. The summed E-state index contributed by atoms with van der Waals surface area (Å²) < 4.78 is 4.26. The third-order valence-corrected chi connectivity index (χ3v) is 6.28. The first-order valence-corrected chi connectivity index (χ1v) is 10.3. The SMILES string of the molecule is Cc1cccc(-c2nc3n(c2-c2ccc4nnc(CC(N)=O)n4c2)[C@H]2CC[C@@H]3C2)n1. The smallest absolute Gasteiger partial charge is 0.225 e. The minimum Gasteiger partial charge on any atom is -0.369 e. The Kier molecular flexibility index (Phi) is 3.59. The molecular weight excluding hydrogens is 378 g/mol. The van der Waals surface area contributed by atoms with Crippen LogP contribution in [0.3, 0.4) is 0 Å². The summed E-state index contributed by atoms with van der Waals surface area (Å²) >= 11 is 0. The molecule has 1 saturated carbocycles. The fourth-order valence-corrected chi connectivity index (χ4v) is 5.02. The van der Waals surface area contributed by atoms with Gasteiger partial charge in [0.25, 0.3) is 0 Å². The van der Waals surface area contributed by atoms with Crippen molar-refractivity contribution in [1.29, 1.82) is 0 Å². The Hall–Kier alpha value is -3.55. The van der Waals surface area contributed by atoms with Crippen LogP contribution in [-0.2, 0) is 11.2 Å². The quantitative estimate of drug-likeness (QED) is 0.568. The topological polar surface area (TPSA) is 104 Å². The van der Waals surface area contributed by atoms with Crippen LogP contribution < -0.4 is 5.73 Å². The van der Waals surface area contributed by atoms with E-state index in [-0.39, 0.29) is 6.42 Å². The largest absolute Gasteiger partial charge is 0.369 e. The van der Waals surface area contributed by atoms with Gasteiger partial charge in [0.1, 0.15) is 17.3 Å². The lowest BCUT2D eigenvalue weighted by molar-refractivity contribution is -0.117. The Balaban J connectivity index is 1.59. The van der Waals surface area contributed by atoms with Crippen LogP contribution in [0.15, 0.2) is 36.5 Å². The Morgan fingerprint density at radius 3 is 2.90 bits per heavy atom. The van der Waals surface area contributed by atoms with Gasteiger partial charge in [-0.25, -0.2) is 4.98 Å². The van der Waals surface area contributed by atoms with E-state index in [1.165, 1.54) is 25.1 Å². The summed E-state index contributed by atoms with van der Waals surface area (Å²) in [5.74, 6) is 1.80. The maximum atomic E-state index is 11.5. The number of imidazole rings is 1. The standard InChI is InChI=1S/C22H21N7O/c1-12-3-2-4-16(24-12)20-21(29-15-7-5-13(9-15)22(29)25-20)14-6-8-18-26-27-19(10-17(23)30)28(18)11-14/h2-4,6,8,11,13,15H,5,7,9-10H2,1H3,(H2,23,30)/t13-,15+/m1/s1. The van der Waals surface area contributed by atoms with Crippen LogP contribution in [0.1, 0.15) is 48.6 Å². The molecule has 0 unspecified atom stereocenters. The van der Waals surface area contributed by atoms with E-state index in [1.54, 1.807) is 0 Å². The molecule has 1 fully saturated rings. The molecular formula is C22H21N7O. The Bertz CT molecular complexity index is 1320. The first-order valence-electron chi connectivity index (χ1n) is 10.3. The predicted molar refractivity (Wildman–Crippen MR) is 111 cm³/mol. The van der Waals surface area contributed by atoms with Gasteiger partial charge >= 0.3 is 0 Å². The highest BCUT2D eigenvalue weighted by Crippen LogP contribution is 2.52. The van der Waals surface area contributed by atoms with E-state index in [2.05, 4.69) is 14.8 Å². The van der Waals surface area contributed by atoms with Crippen molar-refractivity contribution < 1.29 is 4.79 Å². The second-order valence-corrected chi connectivity index (χ2v) is 8.27. The summed E-state index contributed by atoms with van der Waals surface area (Å²) in [6, 6.07) is 10.5. The number of nitrogens with two attached hydrogens (primary N) is 1. The van der Waals surface area contributed by atoms with Crippen molar-refractivity contribution in [3.63, 3.8) is 0 Å². The molecule has 0 aromatic carbocycles. The maximum absolute atomic E-state index is 11.5. The number of amides is 1. The molecule has 0 spiro atoms. The van der Waals surface area contributed by atoms with Crippen molar-refractivity contribution in [1.82, 2.24) is 29.1 Å². The van der Waals surface area contributed by atoms with Crippen molar-refractivity contribution >= 4 is 11.6 Å². The molecule has 8 heteroatoms. The number of pyridine rings is 2. The number of hydrogen-bond acceptors (Lipinski definition) is 5. The summed E-state index contributed by atoms with van der Waals surface area (Å²) in [4.78, 5) is 21.3. The molecule has 30 heavy (non-hydrogen) atoms. The Morgan fingerprint density at radius 1 is 1.17 bits per heavy atom. The number of nitrogens with zero attached hydrogens (tertiary/aromatic N) is 6. The van der Waals surface area contributed by atoms with E-state index in [0.717, 1.165) is 28.3 Å². The van der Waals surface area contributed by atoms with Crippen LogP contribution in [0.25, 0.3) is 28.3 Å². The molecule has 1 amide bonds. The molecule has 1 aliphatic heterocycles. The lowest BCUT2D eigenvalue weighted by Gasteiger charge is -2.17. The summed E-state index contributed by atoms with van der Waals surface area (Å²) in [6.45, 7) is 2.00. The lowest BCUT2D eigenvalue weighted by atomic mass is 10.1. The van der Waals surface area contributed by atoms with Gasteiger partial charge in [-0.2, -0.15) is 0 Å². The van der Waals surface area contributed by atoms with Crippen LogP contribution in [-0.4, -0.2) is 35.0 Å². The molecule has 4 aromatic rings. The van der Waals surface area contributed by atoms with Crippen LogP contribution in [0.5, 0.6) is 0 Å². The van der Waals surface area contributed by atoms with Crippen molar-refractivity contribution in [3.8, 4) is 22.6 Å². The van der Waals surface area contributed by atoms with E-state index < -0.39 is 5.91 Å². The molecule has 1 aliphatic carbocycles. The van der Waals surface area contributed by atoms with Crippen LogP contribution in [0.2, 0.25) is 0 Å². The number of fused-ring (bicyclic) bond motifs is 6. The zero-order chi connectivity index (χ0) is 20.4. The van der Waals surface area contributed by atoms with Crippen molar-refractivity contribution in [2.45, 2.75) is 44.6 Å². The molecule has 0 saturated heterocycles. The summed E-state index contributed by atoms with van der Waals surface area (Å²) in [7, 11) is 0. The van der Waals surface area contributed by atoms with Gasteiger partial charge in [0.05, 0.1) is 17.8 Å². The molecule has 2 aliphatic rings. The summed E-state index contributed by atoms with van der Waals surface area (Å²) in [6.07, 6.45) is 5.59. The van der Waals surface area contributed by atoms with Gasteiger partial charge in [0.2, 0.25) is 5.91 Å². The van der Waals surface area contributed by atoms with Gasteiger partial charge in [-0.05, 0) is 50.5 Å². The maximum Gasteiger partial charge on any atom is 0.225 e. The van der Waals surface area contributed by atoms with Crippen LogP contribution in [0.4, 0.5) is 0 Å². The van der Waals surface area contributed by atoms with Crippen molar-refractivity contribution in [2.24, 2.45) is 5.73 Å². The highest BCUT2D eigenvalue weighted by Gasteiger charge is 2.41. The van der Waals surface area contributed by atoms with E-state index in [9.17, 15) is 4.79 Å². The van der Waals surface area contributed by atoms with Gasteiger partial charge in [-0.15, -0.1) is 10.2 Å². The molecule has 2 atom stereocenters. The highest BCUT2D eigenvalue weighted by molar-refractivity contribution is 5.79. The monoisotopic (exact) mass is 399 g/mol. The Labute approximate surface area is 172 Å². The molecule has 0 radical (unpaired) electrons. The lowest BCUT2D eigenvalue weighted by Crippen LogP contribution is -2.15. The average molecular weight is 399 g/mol. The first-order chi connectivity index (χ1) is 14.6. The zero-order valence-electron chi connectivity index (χ0n) is 16.6. The zero-order valence-corrected chi connectivity index (χ0v) is 16.6. The molecule has 6 rings (SSSR count). The van der Waals surface area contributed by atoms with Gasteiger partial charge < -0.3 is 10.3 Å². The predicted octanol–water partition coefficient (Wildman–Crippen LogP) is 2.81. The molecule has 8 nitrogen and oxygen atoms in total. The van der Waals surface area contributed by atoms with Gasteiger partial charge in [-0.1, -0.05) is 6.07 Å². The number of carbonyl (C=O) groups excluding carboxylic acids is 1. The number of rotatable bonds is 4. The minimum absolute atomic E-state index is 0.0477. The van der Waals surface area contributed by atoms with Crippen LogP contribution in [0, 0.1) is 6.92 Å². The van der Waals surface area contributed by atoms with Crippen molar-refractivity contribution in [3.05, 3.63) is 53.9 Å². The second-order valence-electron chi connectivity index (χ2n) is 8.27. The fourth-order valence-electron chi connectivity index (χ4n) is 5.02. The first kappa shape index (κ1) is 17.3. The normalized spacial score (nSPS) is 19.5. The van der Waals surface area contributed by atoms with E-state index in [1.807, 2.05) is 47.9 Å². The second kappa shape index (κ2) is 6.22. The van der Waals surface area contributed by atoms with E-state index in [0.29, 0.717) is 23.4 Å². The van der Waals surface area contributed by atoms with E-state index >= 15 is 0 Å². The minimum atomic E-state index is -0.429. The van der Waals surface area contributed by atoms with Gasteiger partial charge in [-0.3, -0.25) is 14.2 Å². The summed E-state index contributed by atoms with van der Waals surface area (Å²) in [5, 5.41) is 8.31. The fraction of sp³-hybridized carbons (Fsp3) is 0.318. The summed E-state index contributed by atoms with van der Waals surface area (Å²) in [5.41, 5.74) is 10.9. The van der Waals surface area contributed by atoms with Crippen molar-refractivity contribution in [2.75, 3.05) is 0 Å². The number of aryl methyl sites for hydroxylation is 1. The van der Waals surface area contributed by atoms with E-state index in [4.69, 9.17) is 15.7 Å². The molecule has 150 valence electrons. The van der Waals surface area contributed by atoms with Gasteiger partial charge in [0.15, 0.2) is 5.65 Å². The molecule has 4 aromatic heterocycles. The number of carbonyl (C=O) groups is 1. The third kappa shape index (κ3) is 2.49. The molecule has 2 bridgehead atoms. The molecule has 5 heterocycles. The number of aromatic nitrogens is 6. The number of primary amides is 1. The Morgan fingerprint density at radius 2 is 2.07 bits per heavy atom. The van der Waals surface area contributed by atoms with Gasteiger partial charge in [0, 0.05) is 29.4 Å².